The lowest BCUT2D eigenvalue weighted by atomic mass is 10.1. The van der Waals surface area contributed by atoms with Crippen molar-refractivity contribution >= 4 is 23.6 Å². The fraction of sp³-hybridized carbons (Fsp3) is 0.222. The van der Waals surface area contributed by atoms with Crippen LogP contribution in [0.4, 0.5) is 0 Å². The summed E-state index contributed by atoms with van der Waals surface area (Å²) in [6.07, 6.45) is 2.10. The molecular weight excluding hydrogens is 336 g/mol. The largest absolute Gasteiger partial charge is 0.366 e. The summed E-state index contributed by atoms with van der Waals surface area (Å²) in [6, 6.07) is 7.22. The minimum atomic E-state index is -0.694. The molecule has 26 heavy (non-hydrogen) atoms. The molecular formula is C18H22N4O4. The highest BCUT2D eigenvalue weighted by Crippen LogP contribution is 2.09. The first-order valence-corrected chi connectivity index (χ1v) is 7.79. The molecule has 0 aliphatic carbocycles. The van der Waals surface area contributed by atoms with E-state index in [1.807, 2.05) is 0 Å². The molecule has 0 saturated heterocycles. The standard InChI is InChI=1S/C18H22N4O4/c1-11(7-15(19)23)17(25)21-9-13-5-3-4-6-14(13)10-22-18(26)12(2)8-16(20)24/h3-8H,9-10H2,1-2H3,(H2,19,23)(H2,20,24)(H,21,25)(H,22,26)/b11-7-,12-8-. The molecule has 0 fully saturated rings. The molecule has 8 heteroatoms. The molecule has 0 aliphatic heterocycles. The number of nitrogens with one attached hydrogen (secondary N) is 2. The van der Waals surface area contributed by atoms with Crippen molar-refractivity contribution < 1.29 is 19.2 Å². The summed E-state index contributed by atoms with van der Waals surface area (Å²) in [5.74, 6) is -2.22. The first-order valence-electron chi connectivity index (χ1n) is 7.79. The Balaban J connectivity index is 2.74. The van der Waals surface area contributed by atoms with E-state index in [-0.39, 0.29) is 24.2 Å². The maximum absolute atomic E-state index is 11.9. The second-order valence-electron chi connectivity index (χ2n) is 5.59. The second kappa shape index (κ2) is 9.77. The van der Waals surface area contributed by atoms with Crippen molar-refractivity contribution in [2.75, 3.05) is 0 Å². The summed E-state index contributed by atoms with van der Waals surface area (Å²) in [6.45, 7) is 3.40. The maximum Gasteiger partial charge on any atom is 0.247 e. The van der Waals surface area contributed by atoms with Crippen molar-refractivity contribution in [3.8, 4) is 0 Å². The molecule has 0 atom stereocenters. The number of nitrogens with two attached hydrogens (primary N) is 2. The van der Waals surface area contributed by atoms with Gasteiger partial charge in [0.05, 0.1) is 0 Å². The third-order valence-corrected chi connectivity index (χ3v) is 3.43. The van der Waals surface area contributed by atoms with Crippen LogP contribution >= 0.6 is 0 Å². The Morgan fingerprint density at radius 3 is 1.46 bits per heavy atom. The summed E-state index contributed by atoms with van der Waals surface area (Å²) in [5, 5.41) is 5.36. The molecule has 0 spiro atoms. The first-order chi connectivity index (χ1) is 12.2. The molecule has 1 rings (SSSR count). The van der Waals surface area contributed by atoms with Crippen LogP contribution in [0.1, 0.15) is 25.0 Å². The Hall–Kier alpha value is -3.42. The molecule has 0 aromatic heterocycles. The van der Waals surface area contributed by atoms with Crippen molar-refractivity contribution in [2.45, 2.75) is 26.9 Å². The van der Waals surface area contributed by atoms with Crippen LogP contribution in [0.15, 0.2) is 47.6 Å². The smallest absolute Gasteiger partial charge is 0.247 e. The van der Waals surface area contributed by atoms with Crippen LogP contribution in [-0.2, 0) is 32.3 Å². The molecule has 138 valence electrons. The van der Waals surface area contributed by atoms with Gasteiger partial charge in [-0.3, -0.25) is 19.2 Å². The van der Waals surface area contributed by atoms with E-state index in [0.717, 1.165) is 23.3 Å². The van der Waals surface area contributed by atoms with Gasteiger partial charge in [-0.15, -0.1) is 0 Å². The lowest BCUT2D eigenvalue weighted by Crippen LogP contribution is -2.27. The van der Waals surface area contributed by atoms with E-state index in [1.165, 1.54) is 13.8 Å². The van der Waals surface area contributed by atoms with Crippen LogP contribution in [0, 0.1) is 0 Å². The van der Waals surface area contributed by atoms with Gasteiger partial charge in [-0.2, -0.15) is 0 Å². The van der Waals surface area contributed by atoms with E-state index in [4.69, 9.17) is 11.5 Å². The molecule has 0 bridgehead atoms. The average Bonchev–Trinajstić information content (AvgIpc) is 2.56. The Bertz CT molecular complexity index is 716. The lowest BCUT2D eigenvalue weighted by Gasteiger charge is -2.12. The van der Waals surface area contributed by atoms with Crippen molar-refractivity contribution in [3.05, 3.63) is 58.7 Å². The summed E-state index contributed by atoms with van der Waals surface area (Å²) >= 11 is 0. The Labute approximate surface area is 151 Å². The van der Waals surface area contributed by atoms with Gasteiger partial charge in [0.2, 0.25) is 23.6 Å². The molecule has 1 aromatic carbocycles. The highest BCUT2D eigenvalue weighted by atomic mass is 16.2. The molecule has 8 nitrogen and oxygen atoms in total. The first kappa shape index (κ1) is 20.6. The normalized spacial score (nSPS) is 11.6. The van der Waals surface area contributed by atoms with Gasteiger partial charge in [0.25, 0.3) is 0 Å². The van der Waals surface area contributed by atoms with E-state index >= 15 is 0 Å². The minimum Gasteiger partial charge on any atom is -0.366 e. The zero-order valence-electron chi connectivity index (χ0n) is 14.7. The van der Waals surface area contributed by atoms with Crippen molar-refractivity contribution in [3.63, 3.8) is 0 Å². The molecule has 0 radical (unpaired) electrons. The van der Waals surface area contributed by atoms with Crippen LogP contribution in [0.25, 0.3) is 0 Å². The van der Waals surface area contributed by atoms with Crippen LogP contribution in [0.3, 0.4) is 0 Å². The summed E-state index contributed by atoms with van der Waals surface area (Å²) < 4.78 is 0. The third kappa shape index (κ3) is 7.00. The molecule has 0 saturated carbocycles. The molecule has 0 unspecified atom stereocenters. The number of carbonyl (C=O) groups excluding carboxylic acids is 4. The van der Waals surface area contributed by atoms with E-state index in [0.29, 0.717) is 0 Å². The van der Waals surface area contributed by atoms with Crippen molar-refractivity contribution in [1.82, 2.24) is 10.6 Å². The third-order valence-electron chi connectivity index (χ3n) is 3.43. The molecule has 0 heterocycles. The lowest BCUT2D eigenvalue weighted by molar-refractivity contribution is -0.119. The van der Waals surface area contributed by atoms with Crippen LogP contribution in [-0.4, -0.2) is 23.6 Å². The fourth-order valence-corrected chi connectivity index (χ4v) is 2.09. The number of rotatable bonds is 8. The van der Waals surface area contributed by atoms with Gasteiger partial charge in [-0.1, -0.05) is 24.3 Å². The van der Waals surface area contributed by atoms with Gasteiger partial charge in [-0.05, 0) is 25.0 Å². The van der Waals surface area contributed by atoms with Crippen molar-refractivity contribution in [2.24, 2.45) is 11.5 Å². The van der Waals surface area contributed by atoms with Gasteiger partial charge >= 0.3 is 0 Å². The number of hydrogen-bond donors (Lipinski definition) is 4. The summed E-state index contributed by atoms with van der Waals surface area (Å²) in [7, 11) is 0. The number of amides is 4. The summed E-state index contributed by atoms with van der Waals surface area (Å²) in [4.78, 5) is 45.4. The molecule has 1 aromatic rings. The van der Waals surface area contributed by atoms with Gasteiger partial charge in [0, 0.05) is 36.4 Å². The SMILES string of the molecule is C/C(=C/C(N)=O)C(=O)NCc1ccccc1CNC(=O)/C(C)=C\C(N)=O. The van der Waals surface area contributed by atoms with Crippen molar-refractivity contribution in [1.29, 1.82) is 0 Å². The quantitative estimate of drug-likeness (QED) is 0.476. The van der Waals surface area contributed by atoms with Crippen LogP contribution < -0.4 is 22.1 Å². The number of primary amides is 2. The van der Waals surface area contributed by atoms with Gasteiger partial charge in [-0.25, -0.2) is 0 Å². The van der Waals surface area contributed by atoms with E-state index in [2.05, 4.69) is 10.6 Å². The topological polar surface area (TPSA) is 144 Å². The highest BCUT2D eigenvalue weighted by molar-refractivity contribution is 6.00. The predicted molar refractivity (Wildman–Crippen MR) is 96.0 cm³/mol. The zero-order valence-corrected chi connectivity index (χ0v) is 14.7. The minimum absolute atomic E-state index is 0.204. The summed E-state index contributed by atoms with van der Waals surface area (Å²) in [5.41, 5.74) is 12.0. The second-order valence-corrected chi connectivity index (χ2v) is 5.59. The number of benzene rings is 1. The molecule has 0 aliphatic rings. The Kier molecular flexibility index (Phi) is 7.75. The van der Waals surface area contributed by atoms with Gasteiger partial charge in [0.15, 0.2) is 0 Å². The Morgan fingerprint density at radius 2 is 1.15 bits per heavy atom. The monoisotopic (exact) mass is 358 g/mol. The van der Waals surface area contributed by atoms with Crippen LogP contribution in [0.2, 0.25) is 0 Å². The fourth-order valence-electron chi connectivity index (χ4n) is 2.09. The zero-order chi connectivity index (χ0) is 19.7. The molecule has 4 amide bonds. The van der Waals surface area contributed by atoms with Gasteiger partial charge in [0.1, 0.15) is 0 Å². The Morgan fingerprint density at radius 1 is 0.808 bits per heavy atom. The number of carbonyl (C=O) groups is 4. The van der Waals surface area contributed by atoms with E-state index in [1.54, 1.807) is 24.3 Å². The molecule has 6 N–H and O–H groups in total. The van der Waals surface area contributed by atoms with E-state index in [9.17, 15) is 19.2 Å². The number of hydrogen-bond acceptors (Lipinski definition) is 4. The maximum atomic E-state index is 11.9. The predicted octanol–water partition coefficient (Wildman–Crippen LogP) is -0.218. The van der Waals surface area contributed by atoms with E-state index < -0.39 is 23.6 Å². The average molecular weight is 358 g/mol. The van der Waals surface area contributed by atoms with Crippen LogP contribution in [0.5, 0.6) is 0 Å². The van der Waals surface area contributed by atoms with Gasteiger partial charge < -0.3 is 22.1 Å². The highest BCUT2D eigenvalue weighted by Gasteiger charge is 2.09.